The van der Waals surface area contributed by atoms with Gasteiger partial charge >= 0.3 is 0 Å². The zero-order valence-corrected chi connectivity index (χ0v) is 18.4. The van der Waals surface area contributed by atoms with Crippen LogP contribution in [0.15, 0.2) is 66.7 Å². The van der Waals surface area contributed by atoms with Gasteiger partial charge in [0.15, 0.2) is 5.82 Å². The molecule has 0 spiro atoms. The van der Waals surface area contributed by atoms with Gasteiger partial charge in [0.05, 0.1) is 25.6 Å². The van der Waals surface area contributed by atoms with Crippen LogP contribution in [-0.4, -0.2) is 34.9 Å². The topological polar surface area (TPSA) is 78.3 Å². The molecule has 0 bridgehead atoms. The summed E-state index contributed by atoms with van der Waals surface area (Å²) in [6.45, 7) is 4.02. The van der Waals surface area contributed by atoms with E-state index < -0.39 is 5.91 Å². The molecule has 0 fully saturated rings. The fraction of sp³-hybridized carbons (Fsp3) is 0.160. The Hall–Kier alpha value is -4.13. The molecule has 1 heterocycles. The minimum atomic E-state index is -0.447. The number of hydrogen-bond donors (Lipinski definition) is 1. The van der Waals surface area contributed by atoms with E-state index in [9.17, 15) is 4.79 Å². The van der Waals surface area contributed by atoms with Gasteiger partial charge < -0.3 is 14.8 Å². The van der Waals surface area contributed by atoms with E-state index in [-0.39, 0.29) is 5.82 Å². The number of hydrogen-bond acceptors (Lipinski definition) is 5. The first kappa shape index (κ1) is 21.1. The first-order chi connectivity index (χ1) is 15.5. The summed E-state index contributed by atoms with van der Waals surface area (Å²) in [6, 6.07) is 21.0. The number of aromatic nitrogens is 3. The number of nitrogens with zero attached hydrogens (tertiary/aromatic N) is 3. The largest absolute Gasteiger partial charge is 0.497 e. The summed E-state index contributed by atoms with van der Waals surface area (Å²) in [5.74, 6) is 1.30. The second kappa shape index (κ2) is 8.93. The number of carbonyl (C=O) groups excluding carboxylic acids is 1. The van der Waals surface area contributed by atoms with Crippen LogP contribution in [0, 0.1) is 13.8 Å². The molecule has 0 saturated carbocycles. The Balaban J connectivity index is 1.77. The Labute approximate surface area is 186 Å². The van der Waals surface area contributed by atoms with Crippen molar-refractivity contribution in [1.82, 2.24) is 14.8 Å². The quantitative estimate of drug-likeness (QED) is 0.476. The van der Waals surface area contributed by atoms with Crippen molar-refractivity contribution >= 4 is 11.6 Å². The standard InChI is InChI=1S/C25H24N4O3/c1-16-9-11-18(12-10-16)24-27-23(28-29(24)21-8-6-5-7-17(21)2)25(30)26-20-15-19(31-3)13-14-22(20)32-4/h5-15H,1-4H3,(H,26,30). The lowest BCUT2D eigenvalue weighted by Gasteiger charge is -2.10. The smallest absolute Gasteiger partial charge is 0.295 e. The van der Waals surface area contributed by atoms with Gasteiger partial charge in [0.2, 0.25) is 5.82 Å². The van der Waals surface area contributed by atoms with Gasteiger partial charge in [-0.15, -0.1) is 5.10 Å². The molecule has 0 atom stereocenters. The summed E-state index contributed by atoms with van der Waals surface area (Å²) in [5.41, 5.74) is 4.35. The molecule has 0 aliphatic rings. The Morgan fingerprint density at radius 3 is 2.38 bits per heavy atom. The van der Waals surface area contributed by atoms with Crippen molar-refractivity contribution in [3.8, 4) is 28.6 Å². The Kier molecular flexibility index (Phi) is 5.89. The zero-order valence-electron chi connectivity index (χ0n) is 18.4. The number of carbonyl (C=O) groups is 1. The van der Waals surface area contributed by atoms with Gasteiger partial charge in [0.25, 0.3) is 5.91 Å². The summed E-state index contributed by atoms with van der Waals surface area (Å²) >= 11 is 0. The maximum atomic E-state index is 13.1. The Morgan fingerprint density at radius 1 is 0.938 bits per heavy atom. The number of rotatable bonds is 6. The van der Waals surface area contributed by atoms with Crippen molar-refractivity contribution in [2.24, 2.45) is 0 Å². The summed E-state index contributed by atoms with van der Waals surface area (Å²) < 4.78 is 12.3. The Morgan fingerprint density at radius 2 is 1.69 bits per heavy atom. The second-order valence-corrected chi connectivity index (χ2v) is 7.34. The van der Waals surface area contributed by atoms with Crippen molar-refractivity contribution in [2.75, 3.05) is 19.5 Å². The van der Waals surface area contributed by atoms with Crippen molar-refractivity contribution in [3.05, 3.63) is 83.7 Å². The van der Waals surface area contributed by atoms with Crippen LogP contribution in [0.25, 0.3) is 17.1 Å². The lowest BCUT2D eigenvalue weighted by Crippen LogP contribution is -2.15. The van der Waals surface area contributed by atoms with Crippen LogP contribution in [0.3, 0.4) is 0 Å². The average Bonchev–Trinajstić information content (AvgIpc) is 3.25. The maximum absolute atomic E-state index is 13.1. The Bertz CT molecular complexity index is 1260. The fourth-order valence-electron chi connectivity index (χ4n) is 3.36. The van der Waals surface area contributed by atoms with Crippen molar-refractivity contribution in [2.45, 2.75) is 13.8 Å². The third-order valence-corrected chi connectivity index (χ3v) is 5.12. The SMILES string of the molecule is COc1ccc(OC)c(NC(=O)c2nc(-c3ccc(C)cc3)n(-c3ccccc3C)n2)c1. The highest BCUT2D eigenvalue weighted by Crippen LogP contribution is 2.30. The van der Waals surface area contributed by atoms with Gasteiger partial charge in [0, 0.05) is 11.6 Å². The highest BCUT2D eigenvalue weighted by Gasteiger charge is 2.21. The number of ether oxygens (including phenoxy) is 2. The molecule has 0 unspecified atom stereocenters. The van der Waals surface area contributed by atoms with Gasteiger partial charge in [-0.2, -0.15) is 0 Å². The number of methoxy groups -OCH3 is 2. The summed E-state index contributed by atoms with van der Waals surface area (Å²) in [5, 5.41) is 7.39. The predicted octanol–water partition coefficient (Wildman–Crippen LogP) is 4.82. The summed E-state index contributed by atoms with van der Waals surface area (Å²) in [4.78, 5) is 17.7. The minimum absolute atomic E-state index is 0.0497. The maximum Gasteiger partial charge on any atom is 0.295 e. The average molecular weight is 428 g/mol. The molecular formula is C25H24N4O3. The molecule has 162 valence electrons. The van der Waals surface area contributed by atoms with E-state index in [1.54, 1.807) is 30.0 Å². The monoisotopic (exact) mass is 428 g/mol. The van der Waals surface area contributed by atoms with E-state index in [4.69, 9.17) is 9.47 Å². The van der Waals surface area contributed by atoms with E-state index in [2.05, 4.69) is 15.4 Å². The van der Waals surface area contributed by atoms with Crippen LogP contribution in [0.5, 0.6) is 11.5 Å². The molecular weight excluding hydrogens is 404 g/mol. The third-order valence-electron chi connectivity index (χ3n) is 5.12. The van der Waals surface area contributed by atoms with E-state index in [0.717, 1.165) is 22.4 Å². The lowest BCUT2D eigenvalue weighted by molar-refractivity contribution is 0.101. The van der Waals surface area contributed by atoms with Crippen LogP contribution >= 0.6 is 0 Å². The van der Waals surface area contributed by atoms with E-state index >= 15 is 0 Å². The van der Waals surface area contributed by atoms with Crippen molar-refractivity contribution in [3.63, 3.8) is 0 Å². The zero-order chi connectivity index (χ0) is 22.7. The van der Waals surface area contributed by atoms with E-state index in [1.165, 1.54) is 7.11 Å². The predicted molar refractivity (Wildman–Crippen MR) is 124 cm³/mol. The molecule has 1 N–H and O–H groups in total. The first-order valence-corrected chi connectivity index (χ1v) is 10.1. The minimum Gasteiger partial charge on any atom is -0.497 e. The van der Waals surface area contributed by atoms with Crippen LogP contribution in [-0.2, 0) is 0 Å². The van der Waals surface area contributed by atoms with Crippen molar-refractivity contribution < 1.29 is 14.3 Å². The van der Waals surface area contributed by atoms with Gasteiger partial charge in [-0.3, -0.25) is 4.79 Å². The highest BCUT2D eigenvalue weighted by atomic mass is 16.5. The molecule has 0 saturated heterocycles. The fourth-order valence-corrected chi connectivity index (χ4v) is 3.36. The number of aryl methyl sites for hydroxylation is 2. The van der Waals surface area contributed by atoms with E-state index in [1.807, 2.05) is 62.4 Å². The summed E-state index contributed by atoms with van der Waals surface area (Å²) in [7, 11) is 3.10. The molecule has 1 amide bonds. The molecule has 32 heavy (non-hydrogen) atoms. The van der Waals surface area contributed by atoms with Gasteiger partial charge in [0.1, 0.15) is 11.5 Å². The van der Waals surface area contributed by atoms with Crippen molar-refractivity contribution in [1.29, 1.82) is 0 Å². The number of para-hydroxylation sites is 1. The number of anilines is 1. The molecule has 1 aromatic heterocycles. The molecule has 3 aromatic carbocycles. The van der Waals surface area contributed by atoms with Gasteiger partial charge in [-0.1, -0.05) is 48.0 Å². The first-order valence-electron chi connectivity index (χ1n) is 10.1. The molecule has 4 rings (SSSR count). The molecule has 0 aliphatic heterocycles. The molecule has 7 heteroatoms. The number of nitrogens with one attached hydrogen (secondary N) is 1. The number of amides is 1. The number of benzene rings is 3. The van der Waals surface area contributed by atoms with Crippen LogP contribution in [0.2, 0.25) is 0 Å². The second-order valence-electron chi connectivity index (χ2n) is 7.34. The molecule has 0 radical (unpaired) electrons. The van der Waals surface area contributed by atoms with Crippen LogP contribution in [0.1, 0.15) is 21.7 Å². The normalized spacial score (nSPS) is 10.6. The molecule has 7 nitrogen and oxygen atoms in total. The summed E-state index contributed by atoms with van der Waals surface area (Å²) in [6.07, 6.45) is 0. The van der Waals surface area contributed by atoms with E-state index in [0.29, 0.717) is 23.0 Å². The van der Waals surface area contributed by atoms with Crippen LogP contribution in [0.4, 0.5) is 5.69 Å². The van der Waals surface area contributed by atoms with Gasteiger partial charge in [-0.25, -0.2) is 9.67 Å². The third kappa shape index (κ3) is 4.18. The van der Waals surface area contributed by atoms with Crippen LogP contribution < -0.4 is 14.8 Å². The van der Waals surface area contributed by atoms with Gasteiger partial charge in [-0.05, 0) is 37.6 Å². The lowest BCUT2D eigenvalue weighted by atomic mass is 10.1. The molecule has 0 aliphatic carbocycles. The molecule has 4 aromatic rings. The highest BCUT2D eigenvalue weighted by molar-refractivity contribution is 6.02.